The number of aromatic nitrogens is 1. The zero-order valence-corrected chi connectivity index (χ0v) is 15.5. The molecular formula is C22H23N3O2. The summed E-state index contributed by atoms with van der Waals surface area (Å²) in [4.78, 5) is 16.8. The topological polar surface area (TPSA) is 63.2 Å². The number of anilines is 2. The van der Waals surface area contributed by atoms with Crippen LogP contribution in [-0.2, 0) is 0 Å². The van der Waals surface area contributed by atoms with Crippen molar-refractivity contribution in [1.29, 1.82) is 0 Å². The first kappa shape index (κ1) is 18.5. The van der Waals surface area contributed by atoms with Crippen LogP contribution in [0.15, 0.2) is 73.1 Å². The number of hydrogen-bond acceptors (Lipinski definition) is 4. The minimum absolute atomic E-state index is 0.236. The van der Waals surface area contributed by atoms with E-state index in [1.807, 2.05) is 54.6 Å². The normalized spacial score (nSPS) is 10.5. The number of carbonyl (C=O) groups excluding carboxylic acids is 1. The Morgan fingerprint density at radius 1 is 1.04 bits per heavy atom. The number of amides is 1. The molecule has 3 rings (SSSR count). The monoisotopic (exact) mass is 361 g/mol. The molecule has 0 bridgehead atoms. The van der Waals surface area contributed by atoms with E-state index >= 15 is 0 Å². The van der Waals surface area contributed by atoms with Crippen LogP contribution in [0.5, 0.6) is 11.5 Å². The van der Waals surface area contributed by atoms with Crippen LogP contribution in [0.4, 0.5) is 11.4 Å². The molecule has 0 aliphatic carbocycles. The summed E-state index contributed by atoms with van der Waals surface area (Å²) >= 11 is 0. The predicted octanol–water partition coefficient (Wildman–Crippen LogP) is 5.19. The fraction of sp³-hybridized carbons (Fsp3) is 0.182. The Bertz CT molecular complexity index is 895. The van der Waals surface area contributed by atoms with Crippen molar-refractivity contribution >= 4 is 17.3 Å². The molecule has 0 atom stereocenters. The van der Waals surface area contributed by atoms with Crippen molar-refractivity contribution in [3.05, 3.63) is 78.6 Å². The fourth-order valence-corrected chi connectivity index (χ4v) is 2.45. The highest BCUT2D eigenvalue weighted by Gasteiger charge is 2.11. The molecule has 5 heteroatoms. The fourth-order valence-electron chi connectivity index (χ4n) is 2.45. The molecule has 0 unspecified atom stereocenters. The number of hydrogen-bond donors (Lipinski definition) is 2. The quantitative estimate of drug-likeness (QED) is 0.607. The highest BCUT2D eigenvalue weighted by Crippen LogP contribution is 2.29. The van der Waals surface area contributed by atoms with Crippen molar-refractivity contribution < 1.29 is 9.53 Å². The maximum atomic E-state index is 12.7. The van der Waals surface area contributed by atoms with Gasteiger partial charge in [0.25, 0.3) is 5.91 Å². The Kier molecular flexibility index (Phi) is 6.05. The summed E-state index contributed by atoms with van der Waals surface area (Å²) in [6.45, 7) is 5.07. The second-order valence-electron chi connectivity index (χ2n) is 6.60. The molecule has 1 amide bonds. The summed E-state index contributed by atoms with van der Waals surface area (Å²) in [5.41, 5.74) is 1.91. The zero-order chi connectivity index (χ0) is 19.1. The summed E-state index contributed by atoms with van der Waals surface area (Å²) in [6, 6.07) is 18.6. The number of pyridine rings is 1. The third kappa shape index (κ3) is 5.31. The number of para-hydroxylation sites is 3. The van der Waals surface area contributed by atoms with Crippen LogP contribution in [0.1, 0.15) is 24.2 Å². The molecule has 3 aromatic rings. The molecular weight excluding hydrogens is 338 g/mol. The molecule has 0 radical (unpaired) electrons. The van der Waals surface area contributed by atoms with Gasteiger partial charge in [-0.1, -0.05) is 44.2 Å². The molecule has 138 valence electrons. The van der Waals surface area contributed by atoms with Gasteiger partial charge in [-0.3, -0.25) is 9.78 Å². The lowest BCUT2D eigenvalue weighted by Gasteiger charge is -2.13. The number of ether oxygens (including phenoxy) is 1. The largest absolute Gasteiger partial charge is 0.455 e. The van der Waals surface area contributed by atoms with E-state index in [1.54, 1.807) is 18.5 Å². The first-order valence-electron chi connectivity index (χ1n) is 8.94. The van der Waals surface area contributed by atoms with Crippen molar-refractivity contribution in [3.63, 3.8) is 0 Å². The van der Waals surface area contributed by atoms with Gasteiger partial charge >= 0.3 is 0 Å². The lowest BCUT2D eigenvalue weighted by atomic mass is 10.2. The lowest BCUT2D eigenvalue weighted by molar-refractivity contribution is 0.102. The van der Waals surface area contributed by atoms with E-state index in [9.17, 15) is 4.79 Å². The van der Waals surface area contributed by atoms with Gasteiger partial charge in [-0.15, -0.1) is 0 Å². The van der Waals surface area contributed by atoms with Crippen molar-refractivity contribution in [3.8, 4) is 11.5 Å². The van der Waals surface area contributed by atoms with E-state index in [-0.39, 0.29) is 5.91 Å². The molecule has 27 heavy (non-hydrogen) atoms. The second kappa shape index (κ2) is 8.85. The van der Waals surface area contributed by atoms with Gasteiger partial charge in [0.05, 0.1) is 16.9 Å². The number of nitrogens with one attached hydrogen (secondary N) is 2. The second-order valence-corrected chi connectivity index (χ2v) is 6.60. The molecule has 2 aromatic carbocycles. The molecule has 0 fully saturated rings. The summed E-state index contributed by atoms with van der Waals surface area (Å²) in [5.74, 6) is 1.56. The number of rotatable bonds is 7. The van der Waals surface area contributed by atoms with Gasteiger partial charge in [-0.2, -0.15) is 0 Å². The average molecular weight is 361 g/mol. The number of carbonyl (C=O) groups is 1. The summed E-state index contributed by atoms with van der Waals surface area (Å²) in [5, 5.41) is 6.19. The van der Waals surface area contributed by atoms with Crippen molar-refractivity contribution in [2.75, 3.05) is 17.2 Å². The van der Waals surface area contributed by atoms with Crippen molar-refractivity contribution in [1.82, 2.24) is 4.98 Å². The van der Waals surface area contributed by atoms with Gasteiger partial charge in [0.1, 0.15) is 5.75 Å². The zero-order valence-electron chi connectivity index (χ0n) is 15.5. The molecule has 0 aliphatic rings. The summed E-state index contributed by atoms with van der Waals surface area (Å²) in [6.07, 6.45) is 3.27. The van der Waals surface area contributed by atoms with Crippen LogP contribution in [0.3, 0.4) is 0 Å². The lowest BCUT2D eigenvalue weighted by Crippen LogP contribution is -2.14. The van der Waals surface area contributed by atoms with E-state index in [4.69, 9.17) is 4.74 Å². The molecule has 0 aliphatic heterocycles. The third-order valence-electron chi connectivity index (χ3n) is 3.82. The average Bonchev–Trinajstić information content (AvgIpc) is 2.69. The van der Waals surface area contributed by atoms with Gasteiger partial charge in [-0.05, 0) is 36.2 Å². The van der Waals surface area contributed by atoms with Gasteiger partial charge in [0.2, 0.25) is 0 Å². The van der Waals surface area contributed by atoms with Crippen LogP contribution >= 0.6 is 0 Å². The molecule has 5 nitrogen and oxygen atoms in total. The molecule has 1 heterocycles. The minimum Gasteiger partial charge on any atom is -0.455 e. The third-order valence-corrected chi connectivity index (χ3v) is 3.82. The molecule has 0 saturated heterocycles. The van der Waals surface area contributed by atoms with E-state index in [2.05, 4.69) is 29.5 Å². The van der Waals surface area contributed by atoms with E-state index in [0.717, 1.165) is 12.2 Å². The molecule has 0 spiro atoms. The van der Waals surface area contributed by atoms with Crippen LogP contribution in [-0.4, -0.2) is 17.4 Å². The van der Waals surface area contributed by atoms with Gasteiger partial charge in [0, 0.05) is 18.9 Å². The van der Waals surface area contributed by atoms with E-state index < -0.39 is 0 Å². The van der Waals surface area contributed by atoms with Crippen molar-refractivity contribution in [2.45, 2.75) is 13.8 Å². The SMILES string of the molecule is CC(C)CNc1cncc(C(=O)Nc2ccccc2Oc2ccccc2)c1. The predicted molar refractivity (Wildman–Crippen MR) is 108 cm³/mol. The van der Waals surface area contributed by atoms with Gasteiger partial charge in [0.15, 0.2) is 5.75 Å². The van der Waals surface area contributed by atoms with Crippen LogP contribution < -0.4 is 15.4 Å². The maximum absolute atomic E-state index is 12.7. The molecule has 0 saturated carbocycles. The Morgan fingerprint density at radius 2 is 1.78 bits per heavy atom. The van der Waals surface area contributed by atoms with Crippen LogP contribution in [0.2, 0.25) is 0 Å². The molecule has 1 aromatic heterocycles. The summed E-state index contributed by atoms with van der Waals surface area (Å²) in [7, 11) is 0. The minimum atomic E-state index is -0.236. The number of nitrogens with zero attached hydrogens (tertiary/aromatic N) is 1. The Labute approximate surface area is 159 Å². The van der Waals surface area contributed by atoms with Gasteiger partial charge in [-0.25, -0.2) is 0 Å². The van der Waals surface area contributed by atoms with E-state index in [0.29, 0.717) is 28.7 Å². The van der Waals surface area contributed by atoms with Gasteiger partial charge < -0.3 is 15.4 Å². The van der Waals surface area contributed by atoms with E-state index in [1.165, 1.54) is 0 Å². The molecule has 2 N–H and O–H groups in total. The standard InChI is InChI=1S/C22H23N3O2/c1-16(2)13-24-18-12-17(14-23-15-18)22(26)25-20-10-6-7-11-21(20)27-19-8-4-3-5-9-19/h3-12,14-16,24H,13H2,1-2H3,(H,25,26). The first-order chi connectivity index (χ1) is 13.1. The Balaban J connectivity index is 1.74. The smallest absolute Gasteiger partial charge is 0.257 e. The Hall–Kier alpha value is -3.34. The first-order valence-corrected chi connectivity index (χ1v) is 8.94. The summed E-state index contributed by atoms with van der Waals surface area (Å²) < 4.78 is 5.89. The Morgan fingerprint density at radius 3 is 2.56 bits per heavy atom. The van der Waals surface area contributed by atoms with Crippen LogP contribution in [0.25, 0.3) is 0 Å². The maximum Gasteiger partial charge on any atom is 0.257 e. The van der Waals surface area contributed by atoms with Crippen molar-refractivity contribution in [2.24, 2.45) is 5.92 Å². The highest BCUT2D eigenvalue weighted by atomic mass is 16.5. The van der Waals surface area contributed by atoms with Crippen LogP contribution in [0, 0.1) is 5.92 Å². The number of benzene rings is 2. The highest BCUT2D eigenvalue weighted by molar-refractivity contribution is 6.05.